The van der Waals surface area contributed by atoms with E-state index in [4.69, 9.17) is 10.5 Å². The Morgan fingerprint density at radius 2 is 1.86 bits per heavy atom. The number of aryl methyl sites for hydroxylation is 2. The highest BCUT2D eigenvalue weighted by molar-refractivity contribution is 6.02. The quantitative estimate of drug-likeness (QED) is 0.400. The smallest absolute Gasteiger partial charge is 0.332 e. The van der Waals surface area contributed by atoms with Gasteiger partial charge in [-0.25, -0.2) is 9.59 Å². The van der Waals surface area contributed by atoms with Crippen LogP contribution in [0, 0.1) is 13.8 Å². The molecule has 0 spiro atoms. The Labute approximate surface area is 167 Å². The SMILES string of the molecule is CCCn1c(N)c(C(=O)COC(=O)/C=C/c2c(C)nn(C)c2C)c(=O)n(C)c1=O. The fourth-order valence-electron chi connectivity index (χ4n) is 2.92. The monoisotopic (exact) mass is 403 g/mol. The number of nitrogen functional groups attached to an aromatic ring is 1. The van der Waals surface area contributed by atoms with Crippen molar-refractivity contribution in [2.75, 3.05) is 12.3 Å². The summed E-state index contributed by atoms with van der Waals surface area (Å²) in [6.07, 6.45) is 3.33. The van der Waals surface area contributed by atoms with Gasteiger partial charge in [-0.15, -0.1) is 0 Å². The number of Topliss-reactive ketones (excluding diaryl/α,β-unsaturated/α-hetero) is 1. The Hall–Kier alpha value is -3.43. The second-order valence-corrected chi connectivity index (χ2v) is 6.63. The van der Waals surface area contributed by atoms with E-state index in [9.17, 15) is 19.2 Å². The summed E-state index contributed by atoms with van der Waals surface area (Å²) in [5, 5.41) is 4.24. The molecule has 0 saturated heterocycles. The van der Waals surface area contributed by atoms with E-state index in [1.807, 2.05) is 20.8 Å². The highest BCUT2D eigenvalue weighted by Gasteiger charge is 2.22. The van der Waals surface area contributed by atoms with Gasteiger partial charge in [0, 0.05) is 38.0 Å². The lowest BCUT2D eigenvalue weighted by atomic mass is 10.2. The summed E-state index contributed by atoms with van der Waals surface area (Å²) in [6.45, 7) is 5.09. The maximum atomic E-state index is 12.5. The molecule has 10 heteroatoms. The number of carbonyl (C=O) groups excluding carboxylic acids is 2. The molecule has 0 saturated carbocycles. The lowest BCUT2D eigenvalue weighted by Crippen LogP contribution is -2.43. The first-order valence-corrected chi connectivity index (χ1v) is 9.07. The summed E-state index contributed by atoms with van der Waals surface area (Å²) in [6, 6.07) is 0. The van der Waals surface area contributed by atoms with Gasteiger partial charge in [-0.3, -0.25) is 23.4 Å². The Morgan fingerprint density at radius 1 is 1.21 bits per heavy atom. The van der Waals surface area contributed by atoms with E-state index >= 15 is 0 Å². The summed E-state index contributed by atoms with van der Waals surface area (Å²) in [5.41, 5.74) is 6.49. The Bertz CT molecular complexity index is 1100. The summed E-state index contributed by atoms with van der Waals surface area (Å²) in [4.78, 5) is 48.9. The molecule has 0 atom stereocenters. The van der Waals surface area contributed by atoms with E-state index in [-0.39, 0.29) is 17.9 Å². The largest absolute Gasteiger partial charge is 0.454 e. The molecule has 0 unspecified atom stereocenters. The van der Waals surface area contributed by atoms with Gasteiger partial charge in [-0.1, -0.05) is 6.92 Å². The van der Waals surface area contributed by atoms with Crippen LogP contribution in [0.2, 0.25) is 0 Å². The van der Waals surface area contributed by atoms with Crippen LogP contribution in [-0.4, -0.2) is 37.3 Å². The van der Waals surface area contributed by atoms with Crippen molar-refractivity contribution in [2.45, 2.75) is 33.7 Å². The zero-order chi connectivity index (χ0) is 21.9. The number of hydrogen-bond donors (Lipinski definition) is 1. The third-order valence-corrected chi connectivity index (χ3v) is 4.61. The number of aromatic nitrogens is 4. The molecule has 0 aromatic carbocycles. The fourth-order valence-corrected chi connectivity index (χ4v) is 2.92. The van der Waals surface area contributed by atoms with E-state index in [2.05, 4.69) is 5.10 Å². The fraction of sp³-hybridized carbons (Fsp3) is 0.421. The normalized spacial score (nSPS) is 11.2. The minimum absolute atomic E-state index is 0.224. The second kappa shape index (κ2) is 8.72. The molecule has 10 nitrogen and oxygen atoms in total. The number of ether oxygens (including phenoxy) is 1. The van der Waals surface area contributed by atoms with Crippen LogP contribution in [0.1, 0.15) is 40.7 Å². The van der Waals surface area contributed by atoms with Crippen molar-refractivity contribution in [1.29, 1.82) is 0 Å². The van der Waals surface area contributed by atoms with Crippen LogP contribution in [-0.2, 0) is 30.2 Å². The second-order valence-electron chi connectivity index (χ2n) is 6.63. The van der Waals surface area contributed by atoms with E-state index in [1.54, 1.807) is 17.8 Å². The van der Waals surface area contributed by atoms with Gasteiger partial charge >= 0.3 is 11.7 Å². The van der Waals surface area contributed by atoms with Crippen LogP contribution in [0.5, 0.6) is 0 Å². The lowest BCUT2D eigenvalue weighted by Gasteiger charge is -2.13. The first-order valence-electron chi connectivity index (χ1n) is 9.07. The summed E-state index contributed by atoms with van der Waals surface area (Å²) < 4.78 is 8.61. The van der Waals surface area contributed by atoms with Gasteiger partial charge in [0.15, 0.2) is 6.61 Å². The number of hydrogen-bond acceptors (Lipinski definition) is 7. The average Bonchev–Trinajstić information content (AvgIpc) is 2.91. The van der Waals surface area contributed by atoms with Crippen LogP contribution in [0.4, 0.5) is 5.82 Å². The number of anilines is 1. The maximum absolute atomic E-state index is 12.5. The zero-order valence-corrected chi connectivity index (χ0v) is 17.2. The van der Waals surface area contributed by atoms with E-state index in [1.165, 1.54) is 13.1 Å². The highest BCUT2D eigenvalue weighted by Crippen LogP contribution is 2.13. The van der Waals surface area contributed by atoms with Crippen molar-refractivity contribution in [3.63, 3.8) is 0 Å². The number of ketones is 1. The molecule has 2 aromatic heterocycles. The molecule has 2 heterocycles. The highest BCUT2D eigenvalue weighted by atomic mass is 16.5. The molecular weight excluding hydrogens is 378 g/mol. The summed E-state index contributed by atoms with van der Waals surface area (Å²) in [5.74, 6) is -1.75. The number of nitrogens with zero attached hydrogens (tertiary/aromatic N) is 4. The van der Waals surface area contributed by atoms with E-state index in [0.717, 1.165) is 26.1 Å². The van der Waals surface area contributed by atoms with E-state index < -0.39 is 29.6 Å². The number of carbonyl (C=O) groups is 2. The van der Waals surface area contributed by atoms with Crippen molar-refractivity contribution in [3.05, 3.63) is 49.4 Å². The molecule has 0 aliphatic heterocycles. The van der Waals surface area contributed by atoms with Crippen LogP contribution in [0.25, 0.3) is 6.08 Å². The number of nitrogens with two attached hydrogens (primary N) is 1. The predicted octanol–water partition coefficient (Wildman–Crippen LogP) is 0.329. The van der Waals surface area contributed by atoms with Gasteiger partial charge in [-0.05, 0) is 26.3 Å². The van der Waals surface area contributed by atoms with Gasteiger partial charge in [0.1, 0.15) is 11.4 Å². The molecule has 0 bridgehead atoms. The van der Waals surface area contributed by atoms with E-state index in [0.29, 0.717) is 6.42 Å². The minimum atomic E-state index is -0.821. The van der Waals surface area contributed by atoms with Gasteiger partial charge in [-0.2, -0.15) is 5.10 Å². The molecule has 29 heavy (non-hydrogen) atoms. The van der Waals surface area contributed by atoms with Crippen molar-refractivity contribution in [1.82, 2.24) is 18.9 Å². The van der Waals surface area contributed by atoms with Gasteiger partial charge in [0.05, 0.1) is 5.69 Å². The van der Waals surface area contributed by atoms with Crippen molar-refractivity contribution < 1.29 is 14.3 Å². The van der Waals surface area contributed by atoms with Crippen LogP contribution in [0.15, 0.2) is 15.7 Å². The first kappa shape index (κ1) is 21.9. The summed E-state index contributed by atoms with van der Waals surface area (Å²) in [7, 11) is 3.06. The van der Waals surface area contributed by atoms with Gasteiger partial charge in [0.25, 0.3) is 5.56 Å². The van der Waals surface area contributed by atoms with Gasteiger partial charge in [0.2, 0.25) is 5.78 Å². The average molecular weight is 403 g/mol. The van der Waals surface area contributed by atoms with Crippen molar-refractivity contribution in [3.8, 4) is 0 Å². The number of esters is 1. The molecule has 0 radical (unpaired) electrons. The summed E-state index contributed by atoms with van der Waals surface area (Å²) >= 11 is 0. The molecular formula is C19H25N5O5. The van der Waals surface area contributed by atoms with Crippen molar-refractivity contribution >= 4 is 23.6 Å². The molecule has 0 aliphatic carbocycles. The minimum Gasteiger partial charge on any atom is -0.454 e. The van der Waals surface area contributed by atoms with Crippen molar-refractivity contribution in [2.24, 2.45) is 14.1 Å². The molecule has 2 N–H and O–H groups in total. The maximum Gasteiger partial charge on any atom is 0.332 e. The molecule has 2 rings (SSSR count). The van der Waals surface area contributed by atoms with Crippen LogP contribution < -0.4 is 17.0 Å². The molecule has 156 valence electrons. The molecule has 0 fully saturated rings. The topological polar surface area (TPSA) is 131 Å². The Morgan fingerprint density at radius 3 is 2.41 bits per heavy atom. The third-order valence-electron chi connectivity index (χ3n) is 4.61. The third kappa shape index (κ3) is 4.36. The first-order chi connectivity index (χ1) is 13.6. The van der Waals surface area contributed by atoms with Crippen LogP contribution in [0.3, 0.4) is 0 Å². The Kier molecular flexibility index (Phi) is 6.57. The number of rotatable bonds is 7. The molecule has 0 aliphatic rings. The molecule has 0 amide bonds. The van der Waals surface area contributed by atoms with Gasteiger partial charge < -0.3 is 10.5 Å². The van der Waals surface area contributed by atoms with Crippen LogP contribution >= 0.6 is 0 Å². The zero-order valence-electron chi connectivity index (χ0n) is 17.2. The molecule has 2 aromatic rings. The predicted molar refractivity (Wildman–Crippen MR) is 108 cm³/mol. The standard InChI is InChI=1S/C19H25N5O5/c1-6-9-24-17(20)16(18(27)22(4)19(24)28)14(25)10-29-15(26)8-7-13-11(2)21-23(5)12(13)3/h7-8H,6,9-10,20H2,1-5H3/b8-7+. The lowest BCUT2D eigenvalue weighted by molar-refractivity contribution is -0.136. The Balaban J connectivity index is 2.19.